The number of benzene rings is 2. The fourth-order valence-electron chi connectivity index (χ4n) is 4.11. The van der Waals surface area contributed by atoms with Gasteiger partial charge in [-0.1, -0.05) is 24.3 Å². The Bertz CT molecular complexity index is 1050. The lowest BCUT2D eigenvalue weighted by Gasteiger charge is -2.30. The number of hydrogen-bond donors (Lipinski definition) is 2. The van der Waals surface area contributed by atoms with Crippen LogP contribution in [-0.2, 0) is 9.59 Å². The molecule has 7 nitrogen and oxygen atoms in total. The van der Waals surface area contributed by atoms with Gasteiger partial charge in [-0.2, -0.15) is 0 Å². The van der Waals surface area contributed by atoms with E-state index in [1.54, 1.807) is 61.0 Å². The average Bonchev–Trinajstić information content (AvgIpc) is 3.17. The maximum atomic E-state index is 13.2. The Hall–Kier alpha value is -3.00. The molecular weight excluding hydrogens is 414 g/mol. The number of carbonyl (C=O) groups is 3. The third kappa shape index (κ3) is 3.76. The summed E-state index contributed by atoms with van der Waals surface area (Å²) in [5.74, 6) is -0.211. The van der Waals surface area contributed by atoms with E-state index >= 15 is 0 Å². The van der Waals surface area contributed by atoms with E-state index in [0.717, 1.165) is 5.56 Å². The van der Waals surface area contributed by atoms with Crippen molar-refractivity contribution in [3.05, 3.63) is 59.7 Å². The number of rotatable bonds is 5. The molecule has 0 bridgehead atoms. The minimum Gasteiger partial charge on any atom is -0.497 e. The fourth-order valence-corrected chi connectivity index (χ4v) is 5.70. The van der Waals surface area contributed by atoms with Crippen molar-refractivity contribution in [1.82, 2.24) is 10.2 Å². The summed E-state index contributed by atoms with van der Waals surface area (Å²) < 4.78 is 4.67. The molecule has 0 radical (unpaired) electrons. The zero-order valence-electron chi connectivity index (χ0n) is 17.8. The number of carbonyl (C=O) groups excluding carboxylic acids is 3. The van der Waals surface area contributed by atoms with Gasteiger partial charge in [0.25, 0.3) is 5.91 Å². The van der Waals surface area contributed by atoms with Crippen molar-refractivity contribution < 1.29 is 19.1 Å². The Labute approximate surface area is 185 Å². The smallest absolute Gasteiger partial charge is 0.256 e. The number of anilines is 1. The largest absolute Gasteiger partial charge is 0.497 e. The first-order valence-corrected chi connectivity index (χ1v) is 11.0. The molecule has 3 atom stereocenters. The zero-order valence-corrected chi connectivity index (χ0v) is 18.7. The lowest BCUT2D eigenvalue weighted by Crippen LogP contribution is -2.55. The average molecular weight is 440 g/mol. The zero-order chi connectivity index (χ0) is 22.3. The second kappa shape index (κ2) is 7.92. The van der Waals surface area contributed by atoms with Gasteiger partial charge in [0.05, 0.1) is 7.11 Å². The van der Waals surface area contributed by atoms with E-state index in [9.17, 15) is 14.4 Å². The van der Waals surface area contributed by atoms with Crippen LogP contribution in [0.5, 0.6) is 5.75 Å². The molecule has 0 spiro atoms. The Kier molecular flexibility index (Phi) is 5.43. The molecule has 1 fully saturated rings. The summed E-state index contributed by atoms with van der Waals surface area (Å²) in [7, 11) is 1.55. The van der Waals surface area contributed by atoms with Crippen LogP contribution in [0.15, 0.2) is 48.5 Å². The van der Waals surface area contributed by atoms with Crippen LogP contribution in [0.25, 0.3) is 0 Å². The number of hydrogen-bond acceptors (Lipinski definition) is 5. The standard InChI is InChI=1S/C23H25N3O4S/c1-13(19(27)25-14-8-7-9-15(12-14)30-4)24-20(28)18-23(2,3)31-22-17-11-6-5-10-16(17)21(29)26(18)22/h5-13,18,22H,1-4H3,(H,24,28)(H,25,27)/t13-,18+,22-/m0/s1. The summed E-state index contributed by atoms with van der Waals surface area (Å²) in [5, 5.41) is 5.38. The molecule has 2 N–H and O–H groups in total. The molecule has 3 amide bonds. The highest BCUT2D eigenvalue weighted by Crippen LogP contribution is 2.56. The monoisotopic (exact) mass is 439 g/mol. The number of methoxy groups -OCH3 is 1. The Morgan fingerprint density at radius 3 is 2.65 bits per heavy atom. The first-order valence-electron chi connectivity index (χ1n) is 10.1. The van der Waals surface area contributed by atoms with Crippen molar-refractivity contribution in [1.29, 1.82) is 0 Å². The summed E-state index contributed by atoms with van der Waals surface area (Å²) in [5.41, 5.74) is 2.15. The maximum Gasteiger partial charge on any atom is 0.256 e. The topological polar surface area (TPSA) is 87.7 Å². The highest BCUT2D eigenvalue weighted by Gasteiger charge is 2.57. The van der Waals surface area contributed by atoms with Gasteiger partial charge >= 0.3 is 0 Å². The molecular formula is C23H25N3O4S. The van der Waals surface area contributed by atoms with E-state index in [4.69, 9.17) is 4.74 Å². The van der Waals surface area contributed by atoms with Gasteiger partial charge in [-0.05, 0) is 44.5 Å². The van der Waals surface area contributed by atoms with E-state index < -0.39 is 16.8 Å². The van der Waals surface area contributed by atoms with Gasteiger partial charge in [-0.25, -0.2) is 0 Å². The molecule has 2 aliphatic rings. The van der Waals surface area contributed by atoms with Crippen molar-refractivity contribution in [3.8, 4) is 5.75 Å². The molecule has 0 unspecified atom stereocenters. The summed E-state index contributed by atoms with van der Waals surface area (Å²) in [4.78, 5) is 40.6. The van der Waals surface area contributed by atoms with Gasteiger partial charge in [0.1, 0.15) is 23.2 Å². The molecule has 0 saturated carbocycles. The molecule has 1 saturated heterocycles. The van der Waals surface area contributed by atoms with Gasteiger partial charge in [-0.15, -0.1) is 11.8 Å². The van der Waals surface area contributed by atoms with Gasteiger partial charge in [0.2, 0.25) is 11.8 Å². The lowest BCUT2D eigenvalue weighted by atomic mass is 10.0. The first kappa shape index (κ1) is 21.2. The van der Waals surface area contributed by atoms with E-state index in [2.05, 4.69) is 10.6 Å². The van der Waals surface area contributed by atoms with Crippen molar-refractivity contribution in [2.45, 2.75) is 43.0 Å². The molecule has 31 heavy (non-hydrogen) atoms. The van der Waals surface area contributed by atoms with Crippen LogP contribution in [0.1, 0.15) is 42.1 Å². The van der Waals surface area contributed by atoms with Gasteiger partial charge in [0, 0.05) is 22.1 Å². The molecule has 0 aromatic heterocycles. The quantitative estimate of drug-likeness (QED) is 0.747. The maximum absolute atomic E-state index is 13.2. The van der Waals surface area contributed by atoms with E-state index in [-0.39, 0.29) is 23.1 Å². The number of amides is 3. The van der Waals surface area contributed by atoms with Crippen LogP contribution in [0, 0.1) is 0 Å². The fraction of sp³-hybridized carbons (Fsp3) is 0.348. The second-order valence-corrected chi connectivity index (χ2v) is 9.96. The summed E-state index contributed by atoms with van der Waals surface area (Å²) >= 11 is 1.59. The van der Waals surface area contributed by atoms with Crippen LogP contribution in [0.4, 0.5) is 5.69 Å². The number of nitrogens with zero attached hydrogens (tertiary/aromatic N) is 1. The van der Waals surface area contributed by atoms with Crippen LogP contribution >= 0.6 is 11.8 Å². The third-order valence-electron chi connectivity index (χ3n) is 5.63. The van der Waals surface area contributed by atoms with Crippen LogP contribution in [0.3, 0.4) is 0 Å². The Morgan fingerprint density at radius 1 is 1.16 bits per heavy atom. The molecule has 2 heterocycles. The molecule has 2 aliphatic heterocycles. The normalized spacial score (nSPS) is 21.8. The van der Waals surface area contributed by atoms with E-state index in [1.165, 1.54) is 0 Å². The minimum atomic E-state index is -0.779. The molecule has 0 aliphatic carbocycles. The SMILES string of the molecule is COc1cccc(NC(=O)[C@H](C)NC(=O)[C@H]2N3C(=O)c4ccccc4[C@@H]3SC2(C)C)c1. The summed E-state index contributed by atoms with van der Waals surface area (Å²) in [6, 6.07) is 13.0. The molecule has 2 aromatic rings. The molecule has 2 aromatic carbocycles. The summed E-state index contributed by atoms with van der Waals surface area (Å²) in [6.45, 7) is 5.54. The number of nitrogens with one attached hydrogen (secondary N) is 2. The van der Waals surface area contributed by atoms with Gasteiger partial charge in [-0.3, -0.25) is 14.4 Å². The van der Waals surface area contributed by atoms with Crippen molar-refractivity contribution in [2.75, 3.05) is 12.4 Å². The third-order valence-corrected chi connectivity index (χ3v) is 7.17. The minimum absolute atomic E-state index is 0.146. The predicted molar refractivity (Wildman–Crippen MR) is 120 cm³/mol. The molecule has 8 heteroatoms. The number of ether oxygens (including phenoxy) is 1. The van der Waals surface area contributed by atoms with E-state index in [1.807, 2.05) is 32.0 Å². The second-order valence-electron chi connectivity index (χ2n) is 8.23. The van der Waals surface area contributed by atoms with Crippen molar-refractivity contribution >= 4 is 35.2 Å². The van der Waals surface area contributed by atoms with Crippen LogP contribution < -0.4 is 15.4 Å². The number of thioether (sulfide) groups is 1. The van der Waals surface area contributed by atoms with Gasteiger partial charge in [0.15, 0.2) is 0 Å². The van der Waals surface area contributed by atoms with Crippen molar-refractivity contribution in [3.63, 3.8) is 0 Å². The van der Waals surface area contributed by atoms with Gasteiger partial charge < -0.3 is 20.3 Å². The summed E-state index contributed by atoms with van der Waals surface area (Å²) in [6.07, 6.45) is 0. The first-order chi connectivity index (χ1) is 14.7. The highest BCUT2D eigenvalue weighted by atomic mass is 32.2. The highest BCUT2D eigenvalue weighted by molar-refractivity contribution is 8.01. The molecule has 4 rings (SSSR count). The van der Waals surface area contributed by atoms with Crippen LogP contribution in [0.2, 0.25) is 0 Å². The Balaban J connectivity index is 1.48. The number of fused-ring (bicyclic) bond motifs is 3. The lowest BCUT2D eigenvalue weighted by molar-refractivity contribution is -0.129. The van der Waals surface area contributed by atoms with E-state index in [0.29, 0.717) is 17.0 Å². The van der Waals surface area contributed by atoms with Crippen molar-refractivity contribution in [2.24, 2.45) is 0 Å². The Morgan fingerprint density at radius 2 is 1.90 bits per heavy atom. The predicted octanol–water partition coefficient (Wildman–Crippen LogP) is 3.19. The van der Waals surface area contributed by atoms with Crippen LogP contribution in [-0.4, -0.2) is 46.6 Å². The molecule has 162 valence electrons.